The zero-order valence-corrected chi connectivity index (χ0v) is 11.9. The minimum atomic E-state index is 0.426. The maximum Gasteiger partial charge on any atom is 0.141 e. The van der Waals surface area contributed by atoms with E-state index in [1.165, 1.54) is 30.2 Å². The van der Waals surface area contributed by atoms with Crippen LogP contribution in [0, 0.1) is 0 Å². The van der Waals surface area contributed by atoms with E-state index in [1.807, 2.05) is 23.8 Å². The third kappa shape index (κ3) is 1.88. The first-order chi connectivity index (χ1) is 9.93. The lowest BCUT2D eigenvalue weighted by Gasteiger charge is -2.18. The van der Waals surface area contributed by atoms with Gasteiger partial charge in [0.05, 0.1) is 6.04 Å². The number of aromatic nitrogens is 3. The SMILES string of the molecule is C1=CC(n2cc(-c3nccs3)c3cccnc32)CCC1. The van der Waals surface area contributed by atoms with Crippen LogP contribution in [0.5, 0.6) is 0 Å². The van der Waals surface area contributed by atoms with Gasteiger partial charge in [-0.1, -0.05) is 12.2 Å². The van der Waals surface area contributed by atoms with E-state index in [-0.39, 0.29) is 0 Å². The number of fused-ring (bicyclic) bond motifs is 1. The maximum absolute atomic E-state index is 4.59. The molecule has 0 N–H and O–H groups in total. The second-order valence-corrected chi connectivity index (χ2v) is 5.98. The normalized spacial score (nSPS) is 18.7. The minimum Gasteiger partial charge on any atom is -0.325 e. The molecule has 100 valence electrons. The van der Waals surface area contributed by atoms with E-state index in [9.17, 15) is 0 Å². The number of pyridine rings is 1. The summed E-state index contributed by atoms with van der Waals surface area (Å²) in [5.74, 6) is 0. The summed E-state index contributed by atoms with van der Waals surface area (Å²) in [5.41, 5.74) is 2.26. The number of nitrogens with zero attached hydrogens (tertiary/aromatic N) is 3. The van der Waals surface area contributed by atoms with E-state index >= 15 is 0 Å². The standard InChI is InChI=1S/C16H15N3S/c1-2-5-12(6-3-1)19-11-14(16-18-9-10-20-16)13-7-4-8-17-15(13)19/h2,4-5,7-12H,1,3,6H2. The molecule has 0 bridgehead atoms. The Bertz CT molecular complexity index is 755. The third-order valence-corrected chi connectivity index (χ3v) is 4.64. The monoisotopic (exact) mass is 281 g/mol. The Kier molecular flexibility index (Phi) is 2.89. The third-order valence-electron chi connectivity index (χ3n) is 3.84. The molecule has 1 aliphatic rings. The first-order valence-electron chi connectivity index (χ1n) is 6.95. The fourth-order valence-electron chi connectivity index (χ4n) is 2.89. The predicted molar refractivity (Wildman–Crippen MR) is 82.9 cm³/mol. The van der Waals surface area contributed by atoms with Gasteiger partial charge < -0.3 is 4.57 Å². The second-order valence-electron chi connectivity index (χ2n) is 5.09. The van der Waals surface area contributed by atoms with Crippen molar-refractivity contribution in [3.05, 3.63) is 48.3 Å². The number of rotatable bonds is 2. The zero-order valence-electron chi connectivity index (χ0n) is 11.1. The predicted octanol–water partition coefficient (Wildman–Crippen LogP) is 4.44. The average Bonchev–Trinajstić information content (AvgIpc) is 3.15. The van der Waals surface area contributed by atoms with Crippen molar-refractivity contribution in [2.75, 3.05) is 0 Å². The summed E-state index contributed by atoms with van der Waals surface area (Å²) in [4.78, 5) is 9.05. The van der Waals surface area contributed by atoms with Gasteiger partial charge >= 0.3 is 0 Å². The Balaban J connectivity index is 1.93. The van der Waals surface area contributed by atoms with Gasteiger partial charge in [-0.2, -0.15) is 0 Å². The molecule has 3 aromatic heterocycles. The second kappa shape index (κ2) is 4.87. The van der Waals surface area contributed by atoms with Gasteiger partial charge in [0.1, 0.15) is 10.7 Å². The van der Waals surface area contributed by atoms with E-state index < -0.39 is 0 Å². The lowest BCUT2D eigenvalue weighted by molar-refractivity contribution is 0.528. The summed E-state index contributed by atoms with van der Waals surface area (Å²) in [7, 11) is 0. The molecule has 4 rings (SSSR count). The highest BCUT2D eigenvalue weighted by Crippen LogP contribution is 2.34. The molecule has 0 amide bonds. The van der Waals surface area contributed by atoms with Gasteiger partial charge in [0, 0.05) is 34.9 Å². The van der Waals surface area contributed by atoms with Crippen LogP contribution in [0.4, 0.5) is 0 Å². The fourth-order valence-corrected chi connectivity index (χ4v) is 3.55. The molecule has 0 spiro atoms. The van der Waals surface area contributed by atoms with Crippen LogP contribution in [0.2, 0.25) is 0 Å². The summed E-state index contributed by atoms with van der Waals surface area (Å²) >= 11 is 1.68. The molecule has 3 nitrogen and oxygen atoms in total. The number of thiazole rings is 1. The Hall–Kier alpha value is -1.94. The Morgan fingerprint density at radius 2 is 2.25 bits per heavy atom. The van der Waals surface area contributed by atoms with Crippen LogP contribution in [-0.4, -0.2) is 14.5 Å². The number of allylic oxidation sites excluding steroid dienone is 2. The molecule has 1 atom stereocenters. The van der Waals surface area contributed by atoms with Crippen molar-refractivity contribution >= 4 is 22.4 Å². The molecular weight excluding hydrogens is 266 g/mol. The van der Waals surface area contributed by atoms with Crippen LogP contribution in [0.3, 0.4) is 0 Å². The summed E-state index contributed by atoms with van der Waals surface area (Å²) in [6, 6.07) is 4.57. The van der Waals surface area contributed by atoms with E-state index in [4.69, 9.17) is 0 Å². The molecule has 1 aliphatic carbocycles. The Labute approximate surface area is 121 Å². The lowest BCUT2D eigenvalue weighted by atomic mass is 10.0. The summed E-state index contributed by atoms with van der Waals surface area (Å²) in [6.45, 7) is 0. The van der Waals surface area contributed by atoms with Gasteiger partial charge in [-0.15, -0.1) is 11.3 Å². The van der Waals surface area contributed by atoms with Gasteiger partial charge in [0.25, 0.3) is 0 Å². The minimum absolute atomic E-state index is 0.426. The van der Waals surface area contributed by atoms with Crippen LogP contribution in [0.15, 0.2) is 48.3 Å². The molecule has 20 heavy (non-hydrogen) atoms. The lowest BCUT2D eigenvalue weighted by Crippen LogP contribution is -2.08. The van der Waals surface area contributed by atoms with Crippen LogP contribution < -0.4 is 0 Å². The zero-order chi connectivity index (χ0) is 13.4. The van der Waals surface area contributed by atoms with Crippen molar-refractivity contribution in [3.63, 3.8) is 0 Å². The van der Waals surface area contributed by atoms with Crippen LogP contribution in [-0.2, 0) is 0 Å². The maximum atomic E-state index is 4.59. The van der Waals surface area contributed by atoms with Crippen molar-refractivity contribution in [1.29, 1.82) is 0 Å². The molecule has 3 heterocycles. The van der Waals surface area contributed by atoms with E-state index in [0.29, 0.717) is 6.04 Å². The molecule has 0 saturated heterocycles. The van der Waals surface area contributed by atoms with Crippen molar-refractivity contribution < 1.29 is 0 Å². The molecule has 0 fully saturated rings. The molecule has 1 unspecified atom stereocenters. The number of hydrogen-bond donors (Lipinski definition) is 0. The Morgan fingerprint density at radius 1 is 1.25 bits per heavy atom. The van der Waals surface area contributed by atoms with Crippen molar-refractivity contribution in [2.24, 2.45) is 0 Å². The van der Waals surface area contributed by atoms with Crippen LogP contribution in [0.1, 0.15) is 25.3 Å². The van der Waals surface area contributed by atoms with Crippen LogP contribution >= 0.6 is 11.3 Å². The molecule has 0 aliphatic heterocycles. The first kappa shape index (κ1) is 11.9. The highest BCUT2D eigenvalue weighted by atomic mass is 32.1. The van der Waals surface area contributed by atoms with E-state index in [2.05, 4.69) is 39.0 Å². The summed E-state index contributed by atoms with van der Waals surface area (Å²) in [5, 5.41) is 4.29. The molecule has 0 saturated carbocycles. The van der Waals surface area contributed by atoms with Crippen LogP contribution in [0.25, 0.3) is 21.6 Å². The molecule has 3 aromatic rings. The van der Waals surface area contributed by atoms with E-state index in [1.54, 1.807) is 11.3 Å². The highest BCUT2D eigenvalue weighted by Gasteiger charge is 2.18. The van der Waals surface area contributed by atoms with Gasteiger partial charge in [0.2, 0.25) is 0 Å². The molecule has 0 aromatic carbocycles. The highest BCUT2D eigenvalue weighted by molar-refractivity contribution is 7.13. The topological polar surface area (TPSA) is 30.7 Å². The number of hydrogen-bond acceptors (Lipinski definition) is 3. The quantitative estimate of drug-likeness (QED) is 0.650. The smallest absolute Gasteiger partial charge is 0.141 e. The Morgan fingerprint density at radius 3 is 3.05 bits per heavy atom. The molecule has 4 heteroatoms. The first-order valence-corrected chi connectivity index (χ1v) is 7.83. The molecular formula is C16H15N3S. The van der Waals surface area contributed by atoms with Gasteiger partial charge in [-0.3, -0.25) is 0 Å². The van der Waals surface area contributed by atoms with E-state index in [0.717, 1.165) is 10.7 Å². The summed E-state index contributed by atoms with van der Waals surface area (Å²) in [6.07, 6.45) is 14.2. The van der Waals surface area contributed by atoms with Crippen molar-refractivity contribution in [2.45, 2.75) is 25.3 Å². The van der Waals surface area contributed by atoms with Crippen molar-refractivity contribution in [3.8, 4) is 10.6 Å². The van der Waals surface area contributed by atoms with Gasteiger partial charge in [-0.05, 0) is 31.4 Å². The largest absolute Gasteiger partial charge is 0.325 e. The van der Waals surface area contributed by atoms with Gasteiger partial charge in [0.15, 0.2) is 0 Å². The van der Waals surface area contributed by atoms with Gasteiger partial charge in [-0.25, -0.2) is 9.97 Å². The summed E-state index contributed by atoms with van der Waals surface area (Å²) < 4.78 is 2.31. The fraction of sp³-hybridized carbons (Fsp3) is 0.250. The average molecular weight is 281 g/mol. The molecule has 0 radical (unpaired) electrons. The van der Waals surface area contributed by atoms with Crippen molar-refractivity contribution in [1.82, 2.24) is 14.5 Å².